The van der Waals surface area contributed by atoms with E-state index < -0.39 is 0 Å². The highest BCUT2D eigenvalue weighted by atomic mass is 19.1. The van der Waals surface area contributed by atoms with Crippen molar-refractivity contribution in [1.82, 2.24) is 9.47 Å². The van der Waals surface area contributed by atoms with E-state index in [0.29, 0.717) is 18.0 Å². The zero-order valence-corrected chi connectivity index (χ0v) is 18.1. The fourth-order valence-electron chi connectivity index (χ4n) is 5.31. The van der Waals surface area contributed by atoms with E-state index in [1.54, 1.807) is 12.1 Å². The number of hydrogen-bond donors (Lipinski definition) is 0. The zero-order valence-electron chi connectivity index (χ0n) is 18.1. The van der Waals surface area contributed by atoms with E-state index in [2.05, 4.69) is 34.1 Å². The second kappa shape index (κ2) is 7.97. The van der Waals surface area contributed by atoms with Gasteiger partial charge in [-0.15, -0.1) is 0 Å². The molecule has 0 aliphatic carbocycles. The summed E-state index contributed by atoms with van der Waals surface area (Å²) >= 11 is 0. The Labute approximate surface area is 182 Å². The molecule has 2 aliphatic rings. The van der Waals surface area contributed by atoms with E-state index >= 15 is 0 Å². The summed E-state index contributed by atoms with van der Waals surface area (Å²) in [6.07, 6.45) is 1.06. The molecule has 5 rings (SSSR count). The molecule has 0 radical (unpaired) electrons. The number of pyridine rings is 1. The molecule has 1 saturated heterocycles. The molecule has 0 spiro atoms. The lowest BCUT2D eigenvalue weighted by Gasteiger charge is -2.43. The van der Waals surface area contributed by atoms with Crippen molar-refractivity contribution in [1.29, 1.82) is 0 Å². The molecule has 31 heavy (non-hydrogen) atoms. The fourth-order valence-corrected chi connectivity index (χ4v) is 5.31. The van der Waals surface area contributed by atoms with Crippen molar-refractivity contribution in [3.63, 3.8) is 0 Å². The quantitative estimate of drug-likeness (QED) is 0.632. The number of anilines is 1. The number of nitrogens with zero attached hydrogens (tertiary/aromatic N) is 3. The first-order valence-electron chi connectivity index (χ1n) is 11.0. The van der Waals surface area contributed by atoms with Crippen LogP contribution in [-0.4, -0.2) is 36.7 Å². The predicted molar refractivity (Wildman–Crippen MR) is 123 cm³/mol. The van der Waals surface area contributed by atoms with Crippen LogP contribution in [0, 0.1) is 11.7 Å². The summed E-state index contributed by atoms with van der Waals surface area (Å²) in [5.74, 6) is 0.442. The predicted octanol–water partition coefficient (Wildman–Crippen LogP) is 4.34. The Morgan fingerprint density at radius 2 is 1.71 bits per heavy atom. The first-order valence-corrected chi connectivity index (χ1v) is 11.0. The molecule has 160 valence electrons. The second-order valence-corrected chi connectivity index (χ2v) is 9.11. The topological polar surface area (TPSA) is 28.5 Å². The van der Waals surface area contributed by atoms with E-state index in [1.165, 1.54) is 17.3 Å². The number of likely N-dealkylation sites (tertiary alicyclic amines) is 1. The average molecular weight is 418 g/mol. The molecule has 0 unspecified atom stereocenters. The lowest BCUT2D eigenvalue weighted by molar-refractivity contribution is 0.115. The minimum Gasteiger partial charge on any atom is -0.378 e. The van der Waals surface area contributed by atoms with Crippen LogP contribution < -0.4 is 10.5 Å². The van der Waals surface area contributed by atoms with Crippen molar-refractivity contribution in [3.8, 4) is 11.1 Å². The van der Waals surface area contributed by atoms with Gasteiger partial charge in [0.25, 0.3) is 5.56 Å². The minimum absolute atomic E-state index is 0.0255. The third kappa shape index (κ3) is 3.79. The normalized spacial score (nSPS) is 20.4. The van der Waals surface area contributed by atoms with Crippen molar-refractivity contribution < 1.29 is 4.39 Å². The lowest BCUT2D eigenvalue weighted by atomic mass is 9.80. The van der Waals surface area contributed by atoms with Crippen molar-refractivity contribution in [2.45, 2.75) is 25.4 Å². The van der Waals surface area contributed by atoms with E-state index in [-0.39, 0.29) is 17.3 Å². The highest BCUT2D eigenvalue weighted by Gasteiger charge is 2.36. The van der Waals surface area contributed by atoms with Gasteiger partial charge < -0.3 is 9.47 Å². The van der Waals surface area contributed by atoms with Crippen LogP contribution in [0.15, 0.2) is 65.5 Å². The van der Waals surface area contributed by atoms with Gasteiger partial charge in [0, 0.05) is 74.8 Å². The lowest BCUT2D eigenvalue weighted by Crippen LogP contribution is -2.47. The second-order valence-electron chi connectivity index (χ2n) is 9.11. The highest BCUT2D eigenvalue weighted by Crippen LogP contribution is 2.40. The van der Waals surface area contributed by atoms with Crippen LogP contribution in [0.25, 0.3) is 11.1 Å². The van der Waals surface area contributed by atoms with Gasteiger partial charge in [-0.3, -0.25) is 9.69 Å². The number of benzene rings is 2. The maximum absolute atomic E-state index is 14.6. The van der Waals surface area contributed by atoms with Gasteiger partial charge in [0.05, 0.1) is 0 Å². The van der Waals surface area contributed by atoms with Gasteiger partial charge in [0.1, 0.15) is 5.82 Å². The Balaban J connectivity index is 1.46. The molecule has 2 atom stereocenters. The van der Waals surface area contributed by atoms with Crippen molar-refractivity contribution in [3.05, 3.63) is 88.1 Å². The van der Waals surface area contributed by atoms with Crippen LogP contribution in [0.4, 0.5) is 10.1 Å². The number of hydrogen-bond acceptors (Lipinski definition) is 3. The Bertz CT molecular complexity index is 1150. The largest absolute Gasteiger partial charge is 0.378 e. The van der Waals surface area contributed by atoms with Crippen molar-refractivity contribution in [2.75, 3.05) is 32.1 Å². The van der Waals surface area contributed by atoms with Gasteiger partial charge in [-0.05, 0) is 42.2 Å². The molecule has 0 amide bonds. The van der Waals surface area contributed by atoms with Gasteiger partial charge in [-0.2, -0.15) is 0 Å². The SMILES string of the molecule is CN(C)c1ccc(CN2C[C@@H]3C[C@H](C2)c2c(-c4ccccc4F)ccc(=O)n2C3)cc1. The zero-order chi connectivity index (χ0) is 21.5. The summed E-state index contributed by atoms with van der Waals surface area (Å²) in [5, 5.41) is 0. The fraction of sp³-hybridized carbons (Fsp3) is 0.346. The Morgan fingerprint density at radius 3 is 2.45 bits per heavy atom. The molecular formula is C26H28FN3O. The number of fused-ring (bicyclic) bond motifs is 4. The third-order valence-corrected chi connectivity index (χ3v) is 6.69. The van der Waals surface area contributed by atoms with Crippen molar-refractivity contribution in [2.24, 2.45) is 5.92 Å². The first-order chi connectivity index (χ1) is 15.0. The summed E-state index contributed by atoms with van der Waals surface area (Å²) in [5.41, 5.74) is 4.96. The molecule has 1 aromatic heterocycles. The first kappa shape index (κ1) is 20.0. The Kier molecular flexibility index (Phi) is 5.14. The molecule has 5 heteroatoms. The Morgan fingerprint density at radius 1 is 0.935 bits per heavy atom. The van der Waals surface area contributed by atoms with Crippen LogP contribution in [-0.2, 0) is 13.1 Å². The van der Waals surface area contributed by atoms with Gasteiger partial charge >= 0.3 is 0 Å². The van der Waals surface area contributed by atoms with Gasteiger partial charge in [0.15, 0.2) is 0 Å². The average Bonchev–Trinajstić information content (AvgIpc) is 2.75. The standard InChI is InChI=1S/C26H28FN3O/c1-28(2)21-9-7-18(8-10-21)14-29-15-19-13-20(17-29)26-23(11-12-25(31)30(26)16-19)22-5-3-4-6-24(22)27/h3-12,19-20H,13-17H2,1-2H3/t19-,20+/m0/s1. The van der Waals surface area contributed by atoms with Crippen LogP contribution in [0.5, 0.6) is 0 Å². The molecule has 4 nitrogen and oxygen atoms in total. The molecule has 2 aliphatic heterocycles. The van der Waals surface area contributed by atoms with Crippen LogP contribution in [0.3, 0.4) is 0 Å². The molecule has 3 aromatic rings. The van der Waals surface area contributed by atoms with E-state index in [0.717, 1.165) is 37.3 Å². The van der Waals surface area contributed by atoms with Crippen LogP contribution >= 0.6 is 0 Å². The third-order valence-electron chi connectivity index (χ3n) is 6.69. The summed E-state index contributed by atoms with van der Waals surface area (Å²) in [7, 11) is 4.10. The van der Waals surface area contributed by atoms with E-state index in [9.17, 15) is 9.18 Å². The highest BCUT2D eigenvalue weighted by molar-refractivity contribution is 5.67. The summed E-state index contributed by atoms with van der Waals surface area (Å²) in [6, 6.07) is 19.0. The maximum atomic E-state index is 14.6. The summed E-state index contributed by atoms with van der Waals surface area (Å²) in [4.78, 5) is 17.3. The molecule has 2 aromatic carbocycles. The summed E-state index contributed by atoms with van der Waals surface area (Å²) < 4.78 is 16.5. The van der Waals surface area contributed by atoms with Gasteiger partial charge in [-0.1, -0.05) is 30.3 Å². The number of halogens is 1. The van der Waals surface area contributed by atoms with Crippen LogP contribution in [0.1, 0.15) is 23.6 Å². The minimum atomic E-state index is -0.236. The number of aromatic nitrogens is 1. The maximum Gasteiger partial charge on any atom is 0.250 e. The van der Waals surface area contributed by atoms with Crippen LogP contribution in [0.2, 0.25) is 0 Å². The smallest absolute Gasteiger partial charge is 0.250 e. The molecular weight excluding hydrogens is 389 g/mol. The van der Waals surface area contributed by atoms with Crippen molar-refractivity contribution >= 4 is 5.69 Å². The molecule has 2 bridgehead atoms. The molecule has 0 N–H and O–H groups in total. The summed E-state index contributed by atoms with van der Waals surface area (Å²) in [6.45, 7) is 3.48. The van der Waals surface area contributed by atoms with Gasteiger partial charge in [0.2, 0.25) is 0 Å². The molecule has 3 heterocycles. The van der Waals surface area contributed by atoms with E-state index in [1.807, 2.05) is 36.9 Å². The molecule has 0 saturated carbocycles. The number of piperidine rings is 1. The Hall–Kier alpha value is -2.92. The van der Waals surface area contributed by atoms with E-state index in [4.69, 9.17) is 0 Å². The molecule has 1 fully saturated rings. The number of rotatable bonds is 4. The van der Waals surface area contributed by atoms with Gasteiger partial charge in [-0.25, -0.2) is 4.39 Å². The monoisotopic (exact) mass is 417 g/mol.